The van der Waals surface area contributed by atoms with Crippen LogP contribution in [0.1, 0.15) is 73.1 Å². The predicted molar refractivity (Wildman–Crippen MR) is 106 cm³/mol. The fourth-order valence-corrected chi connectivity index (χ4v) is 4.10. The topological polar surface area (TPSA) is 97.2 Å². The second kappa shape index (κ2) is 7.11. The minimum atomic E-state index is -0.660. The summed E-state index contributed by atoms with van der Waals surface area (Å²) in [6.07, 6.45) is 1.64. The molecule has 152 valence electrons. The average molecular weight is 389 g/mol. The van der Waals surface area contributed by atoms with Crippen LogP contribution in [0, 0.1) is 19.7 Å². The number of H-pyrrole nitrogens is 1. The summed E-state index contributed by atoms with van der Waals surface area (Å²) in [6, 6.07) is 1.15. The molecule has 1 saturated carbocycles. The van der Waals surface area contributed by atoms with Crippen molar-refractivity contribution in [3.63, 3.8) is 0 Å². The molecule has 0 spiro atoms. The summed E-state index contributed by atoms with van der Waals surface area (Å²) in [5.74, 6) is -1.14. The van der Waals surface area contributed by atoms with Gasteiger partial charge in [-0.2, -0.15) is 0 Å². The van der Waals surface area contributed by atoms with Crippen molar-refractivity contribution in [2.75, 3.05) is 0 Å². The lowest BCUT2D eigenvalue weighted by molar-refractivity contribution is 0.0505. The summed E-state index contributed by atoms with van der Waals surface area (Å²) >= 11 is 0. The van der Waals surface area contributed by atoms with Gasteiger partial charge in [-0.25, -0.2) is 9.18 Å². The molecule has 0 bridgehead atoms. The number of primary amides is 1. The number of hydrogen-bond acceptors (Lipinski definition) is 3. The number of ether oxygens (including phenoxy) is 1. The number of nitrogens with two attached hydrogens (primary N) is 1. The van der Waals surface area contributed by atoms with E-state index < -0.39 is 23.4 Å². The van der Waals surface area contributed by atoms with E-state index in [1.165, 1.54) is 6.07 Å². The van der Waals surface area contributed by atoms with E-state index in [-0.39, 0.29) is 17.5 Å². The Labute approximate surface area is 164 Å². The molecule has 6 nitrogen and oxygen atoms in total. The van der Waals surface area contributed by atoms with Crippen molar-refractivity contribution in [3.8, 4) is 0 Å². The fraction of sp³-hybridized carbons (Fsp3) is 0.524. The second-order valence-electron chi connectivity index (χ2n) is 8.66. The van der Waals surface area contributed by atoms with E-state index in [4.69, 9.17) is 10.5 Å². The number of rotatable bonds is 3. The van der Waals surface area contributed by atoms with Crippen LogP contribution < -0.4 is 11.1 Å². The van der Waals surface area contributed by atoms with Crippen molar-refractivity contribution in [3.05, 3.63) is 34.3 Å². The predicted octanol–water partition coefficient (Wildman–Crippen LogP) is 4.18. The van der Waals surface area contributed by atoms with Crippen LogP contribution in [-0.2, 0) is 4.74 Å². The van der Waals surface area contributed by atoms with Crippen molar-refractivity contribution >= 4 is 22.9 Å². The molecule has 7 heteroatoms. The van der Waals surface area contributed by atoms with Gasteiger partial charge >= 0.3 is 6.09 Å². The number of aromatic nitrogens is 1. The monoisotopic (exact) mass is 389 g/mol. The van der Waals surface area contributed by atoms with Crippen LogP contribution >= 0.6 is 0 Å². The standard InChI is InChI=1S/C21H28FN3O3/c1-10-11(2)24-18-14(19(23)26)9-15(22)17(16(10)18)12-6-7-13(8-12)25-20(27)28-21(3,4)5/h9,12-13,24H,6-8H2,1-5H3,(H2,23,26)(H,25,27)/t12?,13-/m0/s1. The van der Waals surface area contributed by atoms with Gasteiger partial charge in [-0.1, -0.05) is 0 Å². The molecule has 2 atom stereocenters. The van der Waals surface area contributed by atoms with Crippen molar-refractivity contribution in [2.45, 2.75) is 71.4 Å². The molecular weight excluding hydrogens is 361 g/mol. The second-order valence-corrected chi connectivity index (χ2v) is 8.66. The maximum atomic E-state index is 15.1. The molecule has 28 heavy (non-hydrogen) atoms. The number of fused-ring (bicyclic) bond motifs is 1. The van der Waals surface area contributed by atoms with Gasteiger partial charge in [-0.15, -0.1) is 0 Å². The van der Waals surface area contributed by atoms with E-state index in [1.54, 1.807) is 0 Å². The molecule has 2 aromatic rings. The summed E-state index contributed by atoms with van der Waals surface area (Å²) < 4.78 is 20.4. The average Bonchev–Trinajstić information content (AvgIpc) is 3.11. The number of carbonyl (C=O) groups is 2. The number of alkyl carbamates (subject to hydrolysis) is 1. The van der Waals surface area contributed by atoms with Crippen LogP contribution in [0.5, 0.6) is 0 Å². The maximum Gasteiger partial charge on any atom is 0.407 e. The first-order valence-corrected chi connectivity index (χ1v) is 9.58. The van der Waals surface area contributed by atoms with Gasteiger partial charge < -0.3 is 20.8 Å². The smallest absolute Gasteiger partial charge is 0.407 e. The lowest BCUT2D eigenvalue weighted by atomic mass is 9.90. The Kier molecular flexibility index (Phi) is 5.12. The van der Waals surface area contributed by atoms with E-state index in [2.05, 4.69) is 10.3 Å². The highest BCUT2D eigenvalue weighted by Gasteiger charge is 2.33. The van der Waals surface area contributed by atoms with Crippen LogP contribution in [-0.4, -0.2) is 28.6 Å². The third-order valence-corrected chi connectivity index (χ3v) is 5.39. The Bertz CT molecular complexity index is 943. The number of aryl methyl sites for hydroxylation is 2. The zero-order valence-corrected chi connectivity index (χ0v) is 17.0. The Morgan fingerprint density at radius 1 is 1.29 bits per heavy atom. The maximum absolute atomic E-state index is 15.1. The first kappa shape index (κ1) is 20.2. The van der Waals surface area contributed by atoms with Gasteiger partial charge in [-0.3, -0.25) is 4.79 Å². The Morgan fingerprint density at radius 3 is 2.57 bits per heavy atom. The highest BCUT2D eigenvalue weighted by Crippen LogP contribution is 2.42. The molecule has 1 fully saturated rings. The molecule has 1 unspecified atom stereocenters. The van der Waals surface area contributed by atoms with Gasteiger partial charge in [0.15, 0.2) is 0 Å². The third-order valence-electron chi connectivity index (χ3n) is 5.39. The molecule has 3 rings (SSSR count). The number of amides is 2. The van der Waals surface area contributed by atoms with Gasteiger partial charge in [0.2, 0.25) is 0 Å². The first-order chi connectivity index (χ1) is 13.0. The van der Waals surface area contributed by atoms with Crippen LogP contribution in [0.25, 0.3) is 10.9 Å². The Balaban J connectivity index is 1.91. The van der Waals surface area contributed by atoms with E-state index >= 15 is 4.39 Å². The largest absolute Gasteiger partial charge is 0.444 e. The van der Waals surface area contributed by atoms with Gasteiger partial charge in [0, 0.05) is 22.7 Å². The SMILES string of the molecule is Cc1[nH]c2c(C(N)=O)cc(F)c(C3CC[C@H](NC(=O)OC(C)(C)C)C3)c2c1C. The molecule has 1 aromatic heterocycles. The molecule has 1 aliphatic carbocycles. The molecule has 0 radical (unpaired) electrons. The summed E-state index contributed by atoms with van der Waals surface area (Å²) in [7, 11) is 0. The van der Waals surface area contributed by atoms with Crippen LogP contribution in [0.15, 0.2) is 6.07 Å². The molecule has 4 N–H and O–H groups in total. The van der Waals surface area contributed by atoms with Gasteiger partial charge in [0.25, 0.3) is 5.91 Å². The Hall–Kier alpha value is -2.57. The zero-order chi connectivity index (χ0) is 20.8. The van der Waals surface area contributed by atoms with Crippen molar-refractivity contribution in [1.29, 1.82) is 0 Å². The zero-order valence-electron chi connectivity index (χ0n) is 17.0. The Morgan fingerprint density at radius 2 is 1.96 bits per heavy atom. The van der Waals surface area contributed by atoms with Crippen LogP contribution in [0.3, 0.4) is 0 Å². The third kappa shape index (κ3) is 3.84. The first-order valence-electron chi connectivity index (χ1n) is 9.58. The number of benzene rings is 1. The van der Waals surface area contributed by atoms with Crippen molar-refractivity contribution in [2.24, 2.45) is 5.73 Å². The highest BCUT2D eigenvalue weighted by molar-refractivity contribution is 6.07. The van der Waals surface area contributed by atoms with Gasteiger partial charge in [0.05, 0.1) is 11.1 Å². The summed E-state index contributed by atoms with van der Waals surface area (Å²) in [5, 5.41) is 3.62. The lowest BCUT2D eigenvalue weighted by Crippen LogP contribution is -2.37. The molecule has 1 heterocycles. The van der Waals surface area contributed by atoms with E-state index in [0.717, 1.165) is 29.5 Å². The van der Waals surface area contributed by atoms with Crippen LogP contribution in [0.2, 0.25) is 0 Å². The van der Waals surface area contributed by atoms with Gasteiger partial charge in [-0.05, 0) is 71.4 Å². The highest BCUT2D eigenvalue weighted by atomic mass is 19.1. The molecular formula is C21H28FN3O3. The number of hydrogen-bond donors (Lipinski definition) is 3. The number of halogens is 1. The molecule has 1 aromatic carbocycles. The minimum Gasteiger partial charge on any atom is -0.444 e. The molecule has 2 amide bonds. The normalized spacial score (nSPS) is 19.8. The lowest BCUT2D eigenvalue weighted by Gasteiger charge is -2.22. The minimum absolute atomic E-state index is 0.0572. The summed E-state index contributed by atoms with van der Waals surface area (Å²) in [6.45, 7) is 9.24. The number of carbonyl (C=O) groups excluding carboxylic acids is 2. The fourth-order valence-electron chi connectivity index (χ4n) is 4.10. The van der Waals surface area contributed by atoms with Crippen molar-refractivity contribution < 1.29 is 18.7 Å². The number of nitrogens with one attached hydrogen (secondary N) is 2. The van der Waals surface area contributed by atoms with Gasteiger partial charge in [0.1, 0.15) is 11.4 Å². The van der Waals surface area contributed by atoms with Crippen LogP contribution in [0.4, 0.5) is 9.18 Å². The number of aromatic amines is 1. The molecule has 0 saturated heterocycles. The van der Waals surface area contributed by atoms with Crippen molar-refractivity contribution in [1.82, 2.24) is 10.3 Å². The van der Waals surface area contributed by atoms with E-state index in [9.17, 15) is 9.59 Å². The molecule has 1 aliphatic rings. The molecule has 0 aliphatic heterocycles. The quantitative estimate of drug-likeness (QED) is 0.734. The van der Waals surface area contributed by atoms with E-state index in [1.807, 2.05) is 34.6 Å². The summed E-state index contributed by atoms with van der Waals surface area (Å²) in [4.78, 5) is 27.0. The van der Waals surface area contributed by atoms with E-state index in [0.29, 0.717) is 17.5 Å². The summed E-state index contributed by atoms with van der Waals surface area (Å²) in [5.41, 5.74) is 8.02.